The molecule has 0 fully saturated rings. The first-order valence-corrected chi connectivity index (χ1v) is 5.60. The smallest absolute Gasteiger partial charge is 0.125 e. The van der Waals surface area contributed by atoms with Crippen LogP contribution in [-0.2, 0) is 5.60 Å². The van der Waals surface area contributed by atoms with Gasteiger partial charge >= 0.3 is 0 Å². The van der Waals surface area contributed by atoms with Crippen molar-refractivity contribution in [3.8, 4) is 5.75 Å². The predicted octanol–water partition coefficient (Wildman–Crippen LogP) is 1.90. The van der Waals surface area contributed by atoms with Crippen molar-refractivity contribution in [2.45, 2.75) is 32.5 Å². The molecule has 3 heteroatoms. The number of para-hydroxylation sites is 1. The number of ether oxygens (including phenoxy) is 1. The van der Waals surface area contributed by atoms with Gasteiger partial charge in [0.2, 0.25) is 0 Å². The zero-order valence-corrected chi connectivity index (χ0v) is 10.4. The summed E-state index contributed by atoms with van der Waals surface area (Å²) in [4.78, 5) is 0. The van der Waals surface area contributed by atoms with Crippen LogP contribution in [-0.4, -0.2) is 24.8 Å². The zero-order valence-electron chi connectivity index (χ0n) is 10.4. The van der Waals surface area contributed by atoms with Gasteiger partial charge < -0.3 is 15.2 Å². The topological polar surface area (TPSA) is 41.5 Å². The average molecular weight is 223 g/mol. The molecular formula is C13H21NO2. The molecule has 0 aliphatic carbocycles. The molecule has 90 valence electrons. The van der Waals surface area contributed by atoms with E-state index in [2.05, 4.69) is 5.32 Å². The molecule has 0 aliphatic heterocycles. The van der Waals surface area contributed by atoms with E-state index in [-0.39, 0.29) is 6.10 Å². The molecular weight excluding hydrogens is 202 g/mol. The highest BCUT2D eigenvalue weighted by Gasteiger charge is 2.25. The van der Waals surface area contributed by atoms with Crippen LogP contribution in [0.4, 0.5) is 0 Å². The van der Waals surface area contributed by atoms with E-state index in [1.807, 2.05) is 45.2 Å². The fourth-order valence-electron chi connectivity index (χ4n) is 1.71. The minimum Gasteiger partial charge on any atom is -0.491 e. The van der Waals surface area contributed by atoms with E-state index in [9.17, 15) is 5.11 Å². The Morgan fingerprint density at radius 3 is 2.56 bits per heavy atom. The molecule has 0 aliphatic rings. The summed E-state index contributed by atoms with van der Waals surface area (Å²) in [5, 5.41) is 13.3. The summed E-state index contributed by atoms with van der Waals surface area (Å²) in [6, 6.07) is 7.61. The molecule has 3 nitrogen and oxygen atoms in total. The summed E-state index contributed by atoms with van der Waals surface area (Å²) in [5.74, 6) is 0.748. The third kappa shape index (κ3) is 3.22. The van der Waals surface area contributed by atoms with Gasteiger partial charge in [0.05, 0.1) is 6.10 Å². The molecule has 1 aromatic rings. The van der Waals surface area contributed by atoms with E-state index >= 15 is 0 Å². The standard InChI is InChI=1S/C13H21NO2/c1-10(2)16-12-8-6-5-7-11(12)13(3,15)9-14-4/h5-8,10,14-15H,9H2,1-4H3. The fraction of sp³-hybridized carbons (Fsp3) is 0.538. The van der Waals surface area contributed by atoms with Crippen LogP contribution in [0.5, 0.6) is 5.75 Å². The lowest BCUT2D eigenvalue weighted by Crippen LogP contribution is -2.34. The molecule has 2 N–H and O–H groups in total. The molecule has 0 radical (unpaired) electrons. The van der Waals surface area contributed by atoms with Gasteiger partial charge in [-0.15, -0.1) is 0 Å². The van der Waals surface area contributed by atoms with E-state index in [0.29, 0.717) is 6.54 Å². The number of hydrogen-bond donors (Lipinski definition) is 2. The van der Waals surface area contributed by atoms with E-state index < -0.39 is 5.60 Å². The van der Waals surface area contributed by atoms with Gasteiger partial charge in [0, 0.05) is 12.1 Å². The van der Waals surface area contributed by atoms with Crippen LogP contribution in [0.15, 0.2) is 24.3 Å². The lowest BCUT2D eigenvalue weighted by molar-refractivity contribution is 0.0545. The van der Waals surface area contributed by atoms with E-state index in [1.54, 1.807) is 6.92 Å². The maximum absolute atomic E-state index is 10.3. The average Bonchev–Trinajstić information content (AvgIpc) is 2.17. The number of nitrogens with one attached hydrogen (secondary N) is 1. The predicted molar refractivity (Wildman–Crippen MR) is 65.7 cm³/mol. The Hall–Kier alpha value is -1.06. The van der Waals surface area contributed by atoms with Crippen molar-refractivity contribution in [1.82, 2.24) is 5.32 Å². The number of rotatable bonds is 5. The Labute approximate surface area is 97.4 Å². The highest BCUT2D eigenvalue weighted by Crippen LogP contribution is 2.29. The SMILES string of the molecule is CNCC(C)(O)c1ccccc1OC(C)C. The third-order valence-corrected chi connectivity index (χ3v) is 2.35. The number of hydrogen-bond acceptors (Lipinski definition) is 3. The number of benzene rings is 1. The lowest BCUT2D eigenvalue weighted by Gasteiger charge is -2.26. The van der Waals surface area contributed by atoms with Crippen LogP contribution in [0.1, 0.15) is 26.3 Å². The first kappa shape index (κ1) is 13.0. The summed E-state index contributed by atoms with van der Waals surface area (Å²) in [7, 11) is 1.82. The van der Waals surface area contributed by atoms with Crippen LogP contribution < -0.4 is 10.1 Å². The van der Waals surface area contributed by atoms with Crippen LogP contribution in [0.25, 0.3) is 0 Å². The van der Waals surface area contributed by atoms with E-state index in [0.717, 1.165) is 11.3 Å². The molecule has 0 saturated carbocycles. The van der Waals surface area contributed by atoms with Crippen molar-refractivity contribution in [2.75, 3.05) is 13.6 Å². The molecule has 0 heterocycles. The van der Waals surface area contributed by atoms with Crippen LogP contribution >= 0.6 is 0 Å². The molecule has 1 rings (SSSR count). The van der Waals surface area contributed by atoms with Crippen molar-refractivity contribution >= 4 is 0 Å². The number of aliphatic hydroxyl groups is 1. The Morgan fingerprint density at radius 2 is 2.00 bits per heavy atom. The summed E-state index contributed by atoms with van der Waals surface area (Å²) in [5.41, 5.74) is -0.0988. The van der Waals surface area contributed by atoms with Gasteiger partial charge in [0.25, 0.3) is 0 Å². The second-order valence-corrected chi connectivity index (χ2v) is 4.47. The lowest BCUT2D eigenvalue weighted by atomic mass is 9.95. The quantitative estimate of drug-likeness (QED) is 0.801. The fourth-order valence-corrected chi connectivity index (χ4v) is 1.71. The summed E-state index contributed by atoms with van der Waals surface area (Å²) >= 11 is 0. The van der Waals surface area contributed by atoms with Crippen LogP contribution in [0, 0.1) is 0 Å². The van der Waals surface area contributed by atoms with Gasteiger partial charge in [0.1, 0.15) is 11.4 Å². The van der Waals surface area contributed by atoms with Crippen molar-refractivity contribution < 1.29 is 9.84 Å². The van der Waals surface area contributed by atoms with Crippen molar-refractivity contribution in [3.05, 3.63) is 29.8 Å². The largest absolute Gasteiger partial charge is 0.491 e. The summed E-state index contributed by atoms with van der Waals surface area (Å²) in [6.45, 7) is 6.23. The Kier molecular flexibility index (Phi) is 4.33. The summed E-state index contributed by atoms with van der Waals surface area (Å²) < 4.78 is 5.69. The molecule has 0 spiro atoms. The van der Waals surface area contributed by atoms with Gasteiger partial charge in [0.15, 0.2) is 0 Å². The summed E-state index contributed by atoms with van der Waals surface area (Å²) in [6.07, 6.45) is 0.103. The monoisotopic (exact) mass is 223 g/mol. The first-order valence-electron chi connectivity index (χ1n) is 5.60. The highest BCUT2D eigenvalue weighted by molar-refractivity contribution is 5.38. The van der Waals surface area contributed by atoms with Crippen LogP contribution in [0.2, 0.25) is 0 Å². The minimum atomic E-state index is -0.916. The molecule has 0 bridgehead atoms. The maximum Gasteiger partial charge on any atom is 0.125 e. The second-order valence-electron chi connectivity index (χ2n) is 4.47. The third-order valence-electron chi connectivity index (χ3n) is 2.35. The number of likely N-dealkylation sites (N-methyl/N-ethyl adjacent to an activating group) is 1. The van der Waals surface area contributed by atoms with Crippen molar-refractivity contribution in [3.63, 3.8) is 0 Å². The second kappa shape index (κ2) is 5.32. The van der Waals surface area contributed by atoms with Gasteiger partial charge in [-0.3, -0.25) is 0 Å². The minimum absolute atomic E-state index is 0.103. The maximum atomic E-state index is 10.3. The molecule has 1 unspecified atom stereocenters. The zero-order chi connectivity index (χ0) is 12.2. The molecule has 0 amide bonds. The van der Waals surface area contributed by atoms with Crippen molar-refractivity contribution in [1.29, 1.82) is 0 Å². The Bertz CT molecular complexity index is 334. The van der Waals surface area contributed by atoms with Gasteiger partial charge in [-0.2, -0.15) is 0 Å². The molecule has 0 aromatic heterocycles. The van der Waals surface area contributed by atoms with Gasteiger partial charge in [-0.25, -0.2) is 0 Å². The molecule has 16 heavy (non-hydrogen) atoms. The van der Waals surface area contributed by atoms with E-state index in [1.165, 1.54) is 0 Å². The highest BCUT2D eigenvalue weighted by atomic mass is 16.5. The first-order chi connectivity index (χ1) is 7.47. The molecule has 0 saturated heterocycles. The van der Waals surface area contributed by atoms with Gasteiger partial charge in [-0.1, -0.05) is 18.2 Å². The molecule has 1 aromatic carbocycles. The van der Waals surface area contributed by atoms with Gasteiger partial charge in [-0.05, 0) is 33.9 Å². The Balaban J connectivity index is 3.02. The Morgan fingerprint density at radius 1 is 1.38 bits per heavy atom. The van der Waals surface area contributed by atoms with Crippen LogP contribution in [0.3, 0.4) is 0 Å². The van der Waals surface area contributed by atoms with Crippen molar-refractivity contribution in [2.24, 2.45) is 0 Å². The van der Waals surface area contributed by atoms with E-state index in [4.69, 9.17) is 4.74 Å². The molecule has 1 atom stereocenters. The normalized spacial score (nSPS) is 14.9.